The molecule has 7 nitrogen and oxygen atoms in total. The molecule has 3 N–H and O–H groups in total. The number of hydrogen-bond acceptors (Lipinski definition) is 7. The highest BCUT2D eigenvalue weighted by Crippen LogP contribution is 2.32. The number of ether oxygens (including phenoxy) is 1. The Morgan fingerprint density at radius 2 is 1.80 bits per heavy atom. The third-order valence-electron chi connectivity index (χ3n) is 3.58. The maximum absolute atomic E-state index is 6.17. The molecule has 0 unspecified atom stereocenters. The van der Waals surface area contributed by atoms with Crippen molar-refractivity contribution in [1.82, 2.24) is 19.9 Å². The Balaban J connectivity index is 1.68. The average molecular weight is 330 g/mol. The summed E-state index contributed by atoms with van der Waals surface area (Å²) in [6, 6.07) is 13.3. The Morgan fingerprint density at radius 1 is 0.920 bits per heavy atom. The largest absolute Gasteiger partial charge is 0.435 e. The molecule has 7 heteroatoms. The van der Waals surface area contributed by atoms with E-state index in [4.69, 9.17) is 10.5 Å². The van der Waals surface area contributed by atoms with Gasteiger partial charge in [0.25, 0.3) is 0 Å². The van der Waals surface area contributed by atoms with Gasteiger partial charge in [-0.1, -0.05) is 18.2 Å². The Bertz CT molecular complexity index is 1020. The zero-order valence-electron chi connectivity index (χ0n) is 13.1. The summed E-state index contributed by atoms with van der Waals surface area (Å²) in [6.45, 7) is 0. The van der Waals surface area contributed by atoms with Crippen LogP contribution < -0.4 is 15.8 Å². The van der Waals surface area contributed by atoms with E-state index in [1.54, 1.807) is 30.7 Å². The summed E-state index contributed by atoms with van der Waals surface area (Å²) < 4.78 is 5.68. The lowest BCUT2D eigenvalue weighted by molar-refractivity contribution is 0.462. The number of benzene rings is 1. The van der Waals surface area contributed by atoms with Crippen LogP contribution in [0.2, 0.25) is 0 Å². The van der Waals surface area contributed by atoms with Crippen molar-refractivity contribution in [2.45, 2.75) is 0 Å². The van der Waals surface area contributed by atoms with Crippen molar-refractivity contribution >= 4 is 28.1 Å². The van der Waals surface area contributed by atoms with E-state index in [0.29, 0.717) is 17.3 Å². The van der Waals surface area contributed by atoms with Gasteiger partial charge in [-0.15, -0.1) is 0 Å². The van der Waals surface area contributed by atoms with Crippen LogP contribution in [0.4, 0.5) is 17.2 Å². The minimum atomic E-state index is 0.263. The summed E-state index contributed by atoms with van der Waals surface area (Å²) >= 11 is 0. The van der Waals surface area contributed by atoms with Gasteiger partial charge in [0.15, 0.2) is 5.82 Å². The molecule has 0 amide bonds. The van der Waals surface area contributed by atoms with Gasteiger partial charge in [0.1, 0.15) is 17.8 Å². The van der Waals surface area contributed by atoms with Crippen LogP contribution in [0.1, 0.15) is 0 Å². The zero-order valence-corrected chi connectivity index (χ0v) is 13.1. The van der Waals surface area contributed by atoms with Crippen molar-refractivity contribution in [1.29, 1.82) is 0 Å². The van der Waals surface area contributed by atoms with Crippen LogP contribution >= 0.6 is 0 Å². The van der Waals surface area contributed by atoms with E-state index in [1.807, 2.05) is 30.3 Å². The maximum Gasteiger partial charge on any atom is 0.248 e. The molecule has 0 spiro atoms. The Labute approximate surface area is 143 Å². The van der Waals surface area contributed by atoms with Gasteiger partial charge in [-0.25, -0.2) is 4.98 Å². The summed E-state index contributed by atoms with van der Waals surface area (Å²) in [5, 5.41) is 4.23. The standard InChI is InChI=1S/C18H14N6O/c19-15-17(22-11-23-18(15)25-13-6-3-8-20-10-13)24-14-7-1-4-12-5-2-9-21-16(12)14/h1-11H,19H2,(H,22,23,24). The second kappa shape index (κ2) is 6.40. The normalized spacial score (nSPS) is 10.6. The first-order valence-corrected chi connectivity index (χ1v) is 7.60. The fourth-order valence-corrected chi connectivity index (χ4v) is 2.41. The van der Waals surface area contributed by atoms with E-state index in [1.165, 1.54) is 6.33 Å². The van der Waals surface area contributed by atoms with Gasteiger partial charge in [-0.2, -0.15) is 4.98 Å². The second-order valence-electron chi connectivity index (χ2n) is 5.24. The van der Waals surface area contributed by atoms with Gasteiger partial charge in [0.05, 0.1) is 17.4 Å². The van der Waals surface area contributed by atoms with Crippen LogP contribution in [0.15, 0.2) is 67.4 Å². The first kappa shape index (κ1) is 14.8. The molecular weight excluding hydrogens is 316 g/mol. The molecular formula is C18H14N6O. The summed E-state index contributed by atoms with van der Waals surface area (Å²) in [6.07, 6.45) is 6.39. The van der Waals surface area contributed by atoms with Crippen molar-refractivity contribution < 1.29 is 4.74 Å². The maximum atomic E-state index is 6.17. The molecule has 0 atom stereocenters. The number of fused-ring (bicyclic) bond motifs is 1. The topological polar surface area (TPSA) is 98.8 Å². The third kappa shape index (κ3) is 3.02. The number of pyridine rings is 2. The van der Waals surface area contributed by atoms with Crippen molar-refractivity contribution in [3.05, 3.63) is 67.4 Å². The van der Waals surface area contributed by atoms with Crippen LogP contribution in [-0.2, 0) is 0 Å². The lowest BCUT2D eigenvalue weighted by Gasteiger charge is -2.12. The first-order chi connectivity index (χ1) is 12.3. The van der Waals surface area contributed by atoms with Crippen LogP contribution in [-0.4, -0.2) is 19.9 Å². The molecule has 0 saturated carbocycles. The number of nitrogens with zero attached hydrogens (tertiary/aromatic N) is 4. The molecule has 0 aliphatic rings. The zero-order chi connectivity index (χ0) is 17.1. The highest BCUT2D eigenvalue weighted by Gasteiger charge is 2.12. The molecule has 0 radical (unpaired) electrons. The van der Waals surface area contributed by atoms with E-state index in [-0.39, 0.29) is 5.88 Å². The molecule has 4 rings (SSSR count). The summed E-state index contributed by atoms with van der Waals surface area (Å²) in [7, 11) is 0. The first-order valence-electron chi connectivity index (χ1n) is 7.60. The van der Waals surface area contributed by atoms with E-state index < -0.39 is 0 Å². The van der Waals surface area contributed by atoms with E-state index in [0.717, 1.165) is 16.6 Å². The minimum absolute atomic E-state index is 0.263. The summed E-state index contributed by atoms with van der Waals surface area (Å²) in [4.78, 5) is 16.7. The number of rotatable bonds is 4. The highest BCUT2D eigenvalue weighted by molar-refractivity contribution is 5.92. The third-order valence-corrected chi connectivity index (χ3v) is 3.58. The molecule has 0 fully saturated rings. The van der Waals surface area contributed by atoms with Gasteiger partial charge in [0, 0.05) is 17.8 Å². The van der Waals surface area contributed by atoms with Crippen molar-refractivity contribution in [3.8, 4) is 11.6 Å². The summed E-state index contributed by atoms with van der Waals surface area (Å²) in [5.74, 6) is 1.26. The molecule has 4 aromatic rings. The van der Waals surface area contributed by atoms with Gasteiger partial charge < -0.3 is 15.8 Å². The number of anilines is 3. The molecule has 25 heavy (non-hydrogen) atoms. The molecule has 0 saturated heterocycles. The Hall–Kier alpha value is -3.74. The smallest absolute Gasteiger partial charge is 0.248 e. The van der Waals surface area contributed by atoms with Gasteiger partial charge >= 0.3 is 0 Å². The van der Waals surface area contributed by atoms with Crippen LogP contribution in [0.3, 0.4) is 0 Å². The van der Waals surface area contributed by atoms with Crippen molar-refractivity contribution in [2.24, 2.45) is 0 Å². The fraction of sp³-hybridized carbons (Fsp3) is 0. The van der Waals surface area contributed by atoms with Crippen molar-refractivity contribution in [3.63, 3.8) is 0 Å². The predicted octanol–water partition coefficient (Wildman–Crippen LogP) is 3.54. The number of nitrogen functional groups attached to an aromatic ring is 1. The number of nitrogens with two attached hydrogens (primary N) is 1. The number of hydrogen-bond donors (Lipinski definition) is 2. The summed E-state index contributed by atoms with van der Waals surface area (Å²) in [5.41, 5.74) is 8.11. The molecule has 0 aliphatic carbocycles. The second-order valence-corrected chi connectivity index (χ2v) is 5.24. The van der Waals surface area contributed by atoms with Crippen molar-refractivity contribution in [2.75, 3.05) is 11.1 Å². The number of nitrogens with one attached hydrogen (secondary N) is 1. The Morgan fingerprint density at radius 3 is 2.68 bits per heavy atom. The van der Waals surface area contributed by atoms with E-state index >= 15 is 0 Å². The molecule has 122 valence electrons. The molecule has 3 aromatic heterocycles. The van der Waals surface area contributed by atoms with E-state index in [2.05, 4.69) is 25.3 Å². The van der Waals surface area contributed by atoms with Gasteiger partial charge in [-0.3, -0.25) is 9.97 Å². The number of aromatic nitrogens is 4. The quantitative estimate of drug-likeness (QED) is 0.590. The predicted molar refractivity (Wildman–Crippen MR) is 95.8 cm³/mol. The van der Waals surface area contributed by atoms with E-state index in [9.17, 15) is 0 Å². The van der Waals surface area contributed by atoms with Crippen LogP contribution in [0.5, 0.6) is 11.6 Å². The molecule has 0 aliphatic heterocycles. The Kier molecular flexibility index (Phi) is 3.80. The highest BCUT2D eigenvalue weighted by atomic mass is 16.5. The van der Waals surface area contributed by atoms with Crippen LogP contribution in [0.25, 0.3) is 10.9 Å². The lowest BCUT2D eigenvalue weighted by Crippen LogP contribution is -2.03. The monoisotopic (exact) mass is 330 g/mol. The molecule has 1 aromatic carbocycles. The lowest BCUT2D eigenvalue weighted by atomic mass is 10.2. The van der Waals surface area contributed by atoms with Gasteiger partial charge in [-0.05, 0) is 24.3 Å². The SMILES string of the molecule is Nc1c(Nc2cccc3cccnc23)ncnc1Oc1cccnc1. The minimum Gasteiger partial charge on any atom is -0.435 e. The van der Waals surface area contributed by atoms with Crippen LogP contribution in [0, 0.1) is 0 Å². The molecule has 3 heterocycles. The average Bonchev–Trinajstić information content (AvgIpc) is 2.66. The van der Waals surface area contributed by atoms with Gasteiger partial charge in [0.2, 0.25) is 5.88 Å². The number of para-hydroxylation sites is 1. The fourth-order valence-electron chi connectivity index (χ4n) is 2.41. The molecule has 0 bridgehead atoms.